The van der Waals surface area contributed by atoms with E-state index in [1.807, 2.05) is 44.2 Å². The first-order valence-corrected chi connectivity index (χ1v) is 10.7. The molecule has 0 bridgehead atoms. The summed E-state index contributed by atoms with van der Waals surface area (Å²) in [6.45, 7) is 8.07. The molecule has 0 aliphatic rings. The molecular weight excluding hydrogens is 412 g/mol. The van der Waals surface area contributed by atoms with E-state index in [1.165, 1.54) is 0 Å². The molecule has 7 nitrogen and oxygen atoms in total. The molecule has 3 aromatic heterocycles. The van der Waals surface area contributed by atoms with Crippen LogP contribution in [0, 0.1) is 19.8 Å². The number of hydrogen-bond acceptors (Lipinski definition) is 4. The third-order valence-electron chi connectivity index (χ3n) is 5.02. The maximum Gasteiger partial charge on any atom is 0.272 e. The molecule has 0 aliphatic heterocycles. The van der Waals surface area contributed by atoms with Crippen molar-refractivity contribution in [1.29, 1.82) is 0 Å². The van der Waals surface area contributed by atoms with Gasteiger partial charge in [-0.2, -0.15) is 5.10 Å². The molecule has 8 heteroatoms. The van der Waals surface area contributed by atoms with Crippen molar-refractivity contribution in [1.82, 2.24) is 30.0 Å². The number of benzene rings is 1. The Morgan fingerprint density at radius 1 is 1.16 bits per heavy atom. The molecule has 31 heavy (non-hydrogen) atoms. The number of aromatic nitrogens is 5. The predicted molar refractivity (Wildman–Crippen MR) is 122 cm³/mol. The summed E-state index contributed by atoms with van der Waals surface area (Å²) in [5.41, 5.74) is 3.77. The number of H-pyrrole nitrogens is 1. The molecule has 4 aromatic rings. The Balaban J connectivity index is 1.65. The molecule has 1 unspecified atom stereocenters. The smallest absolute Gasteiger partial charge is 0.272 e. The fourth-order valence-corrected chi connectivity index (χ4v) is 3.84. The Labute approximate surface area is 185 Å². The van der Waals surface area contributed by atoms with Gasteiger partial charge in [-0.05, 0) is 56.5 Å². The van der Waals surface area contributed by atoms with Crippen molar-refractivity contribution in [2.24, 2.45) is 5.92 Å². The predicted octanol–water partition coefficient (Wildman–Crippen LogP) is 4.93. The number of pyridine rings is 1. The lowest BCUT2D eigenvalue weighted by atomic mass is 10.0. The van der Waals surface area contributed by atoms with E-state index in [2.05, 4.69) is 39.2 Å². The molecule has 0 fully saturated rings. The lowest BCUT2D eigenvalue weighted by Gasteiger charge is -2.19. The molecule has 0 spiro atoms. The second kappa shape index (κ2) is 8.51. The lowest BCUT2D eigenvalue weighted by molar-refractivity contribution is 0.0925. The molecule has 2 N–H and O–H groups in total. The average molecular weight is 437 g/mol. The Morgan fingerprint density at radius 3 is 2.61 bits per heavy atom. The van der Waals surface area contributed by atoms with Crippen LogP contribution in [0.4, 0.5) is 0 Å². The van der Waals surface area contributed by atoms with E-state index in [0.717, 1.165) is 28.8 Å². The van der Waals surface area contributed by atoms with Crippen LogP contribution in [0.3, 0.4) is 0 Å². The number of fused-ring (bicyclic) bond motifs is 1. The molecule has 4 rings (SSSR count). The fraction of sp³-hybridized carbons (Fsp3) is 0.304. The van der Waals surface area contributed by atoms with Gasteiger partial charge in [0.1, 0.15) is 11.5 Å². The lowest BCUT2D eigenvalue weighted by Crippen LogP contribution is -2.31. The summed E-state index contributed by atoms with van der Waals surface area (Å²) in [5.74, 6) is 1.26. The van der Waals surface area contributed by atoms with Crippen LogP contribution in [0.15, 0.2) is 42.5 Å². The molecular formula is C23H25ClN6O. The minimum absolute atomic E-state index is 0.164. The van der Waals surface area contributed by atoms with E-state index < -0.39 is 0 Å². The third kappa shape index (κ3) is 4.46. The van der Waals surface area contributed by atoms with Gasteiger partial charge in [0.15, 0.2) is 5.82 Å². The Morgan fingerprint density at radius 2 is 1.94 bits per heavy atom. The minimum atomic E-state index is -0.348. The van der Waals surface area contributed by atoms with Crippen LogP contribution >= 0.6 is 11.6 Å². The summed E-state index contributed by atoms with van der Waals surface area (Å²) in [7, 11) is 0. The zero-order valence-electron chi connectivity index (χ0n) is 18.0. The minimum Gasteiger partial charge on any atom is -0.341 e. The van der Waals surface area contributed by atoms with Gasteiger partial charge in [0.25, 0.3) is 5.91 Å². The Hall–Kier alpha value is -3.19. The van der Waals surface area contributed by atoms with Crippen LogP contribution in [0.2, 0.25) is 5.02 Å². The summed E-state index contributed by atoms with van der Waals surface area (Å²) >= 11 is 6.35. The first kappa shape index (κ1) is 21.1. The van der Waals surface area contributed by atoms with Crippen LogP contribution in [-0.2, 0) is 0 Å². The first-order chi connectivity index (χ1) is 14.8. The maximum absolute atomic E-state index is 13.2. The number of rotatable bonds is 6. The zero-order valence-corrected chi connectivity index (χ0v) is 18.7. The second-order valence-corrected chi connectivity index (χ2v) is 8.54. The van der Waals surface area contributed by atoms with Crippen molar-refractivity contribution in [2.45, 2.75) is 40.2 Å². The normalized spacial score (nSPS) is 12.5. The summed E-state index contributed by atoms with van der Waals surface area (Å²) < 4.78 is 1.70. The number of amides is 1. The summed E-state index contributed by atoms with van der Waals surface area (Å²) in [6, 6.07) is 12.9. The number of aryl methyl sites for hydroxylation is 2. The fourth-order valence-electron chi connectivity index (χ4n) is 3.64. The van der Waals surface area contributed by atoms with E-state index in [0.29, 0.717) is 17.6 Å². The van der Waals surface area contributed by atoms with Gasteiger partial charge in [0, 0.05) is 5.69 Å². The first-order valence-electron chi connectivity index (χ1n) is 10.3. The van der Waals surface area contributed by atoms with E-state index in [4.69, 9.17) is 11.6 Å². The Bertz CT molecular complexity index is 1210. The molecule has 1 amide bonds. The van der Waals surface area contributed by atoms with Crippen LogP contribution < -0.4 is 5.32 Å². The van der Waals surface area contributed by atoms with Gasteiger partial charge in [-0.1, -0.05) is 37.6 Å². The summed E-state index contributed by atoms with van der Waals surface area (Å²) in [4.78, 5) is 25.7. The quantitative estimate of drug-likeness (QED) is 0.448. The van der Waals surface area contributed by atoms with Crippen molar-refractivity contribution in [2.75, 3.05) is 0 Å². The highest BCUT2D eigenvalue weighted by Crippen LogP contribution is 2.24. The number of hydrogen-bond donors (Lipinski definition) is 2. The van der Waals surface area contributed by atoms with Crippen molar-refractivity contribution < 1.29 is 4.79 Å². The number of aromatic amines is 1. The number of nitrogens with one attached hydrogen (secondary N) is 2. The topological polar surface area (TPSA) is 88.5 Å². The van der Waals surface area contributed by atoms with Crippen molar-refractivity contribution in [3.63, 3.8) is 0 Å². The number of nitrogens with zero attached hydrogens (tertiary/aromatic N) is 4. The molecule has 0 radical (unpaired) electrons. The third-order valence-corrected chi connectivity index (χ3v) is 5.33. The van der Waals surface area contributed by atoms with Gasteiger partial charge in [0.2, 0.25) is 0 Å². The zero-order chi connectivity index (χ0) is 22.1. The molecule has 3 heterocycles. The SMILES string of the molecule is Cc1cc(C)n(-c2ccc(Cl)c(C(=O)NC(CC(C)C)c3nc4ccccc4[nH]3)n2)n1. The van der Waals surface area contributed by atoms with Crippen molar-refractivity contribution >= 4 is 28.5 Å². The van der Waals surface area contributed by atoms with Crippen LogP contribution in [0.1, 0.15) is 54.0 Å². The molecule has 1 aromatic carbocycles. The van der Waals surface area contributed by atoms with E-state index in [-0.39, 0.29) is 22.7 Å². The highest BCUT2D eigenvalue weighted by molar-refractivity contribution is 6.33. The highest BCUT2D eigenvalue weighted by Gasteiger charge is 2.23. The van der Waals surface area contributed by atoms with E-state index in [9.17, 15) is 4.79 Å². The number of halogens is 1. The number of para-hydroxylation sites is 2. The highest BCUT2D eigenvalue weighted by atomic mass is 35.5. The molecule has 0 aliphatic carbocycles. The second-order valence-electron chi connectivity index (χ2n) is 8.13. The van der Waals surface area contributed by atoms with Gasteiger partial charge in [-0.15, -0.1) is 0 Å². The summed E-state index contributed by atoms with van der Waals surface area (Å²) in [6.07, 6.45) is 0.723. The standard InChI is InChI=1S/C23H25ClN6O/c1-13(2)11-19(22-25-17-7-5-6-8-18(17)26-22)27-23(31)21-16(24)9-10-20(28-21)30-15(4)12-14(3)29-30/h5-10,12-13,19H,11H2,1-4H3,(H,25,26)(H,27,31). The van der Waals surface area contributed by atoms with E-state index >= 15 is 0 Å². The molecule has 160 valence electrons. The molecule has 0 saturated heterocycles. The molecule has 0 saturated carbocycles. The molecule has 1 atom stereocenters. The van der Waals surface area contributed by atoms with Gasteiger partial charge >= 0.3 is 0 Å². The maximum atomic E-state index is 13.2. The summed E-state index contributed by atoms with van der Waals surface area (Å²) in [5, 5.41) is 7.81. The van der Waals surface area contributed by atoms with Crippen LogP contribution in [0.5, 0.6) is 0 Å². The number of carbonyl (C=O) groups is 1. The van der Waals surface area contributed by atoms with Gasteiger partial charge in [0.05, 0.1) is 27.8 Å². The van der Waals surface area contributed by atoms with Gasteiger partial charge in [-0.25, -0.2) is 14.6 Å². The monoisotopic (exact) mass is 436 g/mol. The number of imidazole rings is 1. The van der Waals surface area contributed by atoms with Gasteiger partial charge < -0.3 is 10.3 Å². The van der Waals surface area contributed by atoms with Crippen molar-refractivity contribution in [3.8, 4) is 5.82 Å². The van der Waals surface area contributed by atoms with Crippen LogP contribution in [-0.4, -0.2) is 30.6 Å². The van der Waals surface area contributed by atoms with Gasteiger partial charge in [-0.3, -0.25) is 4.79 Å². The Kier molecular flexibility index (Phi) is 5.78. The van der Waals surface area contributed by atoms with Crippen molar-refractivity contribution in [3.05, 3.63) is 70.4 Å². The average Bonchev–Trinajstić information content (AvgIpc) is 3.30. The van der Waals surface area contributed by atoms with E-state index in [1.54, 1.807) is 16.8 Å². The number of carbonyl (C=O) groups excluding carboxylic acids is 1. The largest absolute Gasteiger partial charge is 0.341 e. The van der Waals surface area contributed by atoms with Crippen LogP contribution in [0.25, 0.3) is 16.9 Å².